The minimum absolute atomic E-state index is 0.259. The molecule has 4 N–H and O–H groups in total. The molecule has 2 rings (SSSR count). The molecule has 0 unspecified atom stereocenters. The molecule has 7 heteroatoms. The Labute approximate surface area is 149 Å². The van der Waals surface area contributed by atoms with Crippen LogP contribution in [0.1, 0.15) is 11.1 Å². The molecule has 2 aromatic carbocycles. The van der Waals surface area contributed by atoms with Crippen LogP contribution in [0.4, 0.5) is 10.5 Å². The third kappa shape index (κ3) is 5.30. The Balaban J connectivity index is 1.90. The summed E-state index contributed by atoms with van der Waals surface area (Å²) < 4.78 is 0. The number of anilines is 1. The van der Waals surface area contributed by atoms with Crippen LogP contribution in [-0.2, 0) is 11.3 Å². The molecule has 0 aromatic heterocycles. The molecule has 0 aliphatic rings. The number of hydrogen-bond acceptors (Lipinski definition) is 2. The number of urea groups is 1. The number of primary amides is 1. The van der Waals surface area contributed by atoms with Gasteiger partial charge in [-0.15, -0.1) is 0 Å². The lowest BCUT2D eigenvalue weighted by atomic mass is 10.2. The fourth-order valence-electron chi connectivity index (χ4n) is 1.91. The topological polar surface area (TPSA) is 84.2 Å². The summed E-state index contributed by atoms with van der Waals surface area (Å²) in [5.41, 5.74) is 7.17. The van der Waals surface area contributed by atoms with E-state index >= 15 is 0 Å². The molecule has 0 aliphatic heterocycles. The first-order chi connectivity index (χ1) is 11.5. The second-order valence-corrected chi connectivity index (χ2v) is 5.67. The van der Waals surface area contributed by atoms with Crippen LogP contribution in [-0.4, -0.2) is 11.9 Å². The van der Waals surface area contributed by atoms with Crippen molar-refractivity contribution in [3.05, 3.63) is 69.7 Å². The Morgan fingerprint density at radius 3 is 2.46 bits per heavy atom. The summed E-state index contributed by atoms with van der Waals surface area (Å²) in [7, 11) is 0. The third-order valence-electron chi connectivity index (χ3n) is 3.08. The maximum atomic E-state index is 11.9. The van der Waals surface area contributed by atoms with Gasteiger partial charge in [-0.3, -0.25) is 4.79 Å². The van der Waals surface area contributed by atoms with E-state index in [0.29, 0.717) is 27.8 Å². The fourth-order valence-corrected chi connectivity index (χ4v) is 2.28. The smallest absolute Gasteiger partial charge is 0.316 e. The van der Waals surface area contributed by atoms with Gasteiger partial charge in [-0.25, -0.2) is 4.79 Å². The average molecular weight is 364 g/mol. The van der Waals surface area contributed by atoms with Gasteiger partial charge >= 0.3 is 6.03 Å². The van der Waals surface area contributed by atoms with Crippen molar-refractivity contribution in [3.8, 4) is 0 Å². The van der Waals surface area contributed by atoms with Crippen LogP contribution >= 0.6 is 23.2 Å². The molecule has 2 aromatic rings. The van der Waals surface area contributed by atoms with Gasteiger partial charge in [0, 0.05) is 18.3 Å². The van der Waals surface area contributed by atoms with Crippen LogP contribution in [0.2, 0.25) is 10.0 Å². The van der Waals surface area contributed by atoms with Gasteiger partial charge in [0.2, 0.25) is 5.91 Å². The Morgan fingerprint density at radius 2 is 1.79 bits per heavy atom. The lowest BCUT2D eigenvalue weighted by molar-refractivity contribution is -0.116. The Morgan fingerprint density at radius 1 is 1.08 bits per heavy atom. The number of benzene rings is 2. The van der Waals surface area contributed by atoms with Crippen molar-refractivity contribution in [1.82, 2.24) is 5.32 Å². The van der Waals surface area contributed by atoms with Gasteiger partial charge in [0.05, 0.1) is 10.0 Å². The Bertz CT molecular complexity index is 774. The molecule has 3 amide bonds. The maximum Gasteiger partial charge on any atom is 0.316 e. The van der Waals surface area contributed by atoms with Crippen LogP contribution in [0.25, 0.3) is 6.08 Å². The normalized spacial score (nSPS) is 10.6. The molecule has 124 valence electrons. The van der Waals surface area contributed by atoms with Crippen molar-refractivity contribution in [2.45, 2.75) is 6.54 Å². The molecule has 0 saturated heterocycles. The second-order valence-electron chi connectivity index (χ2n) is 4.88. The monoisotopic (exact) mass is 363 g/mol. The Kier molecular flexibility index (Phi) is 6.23. The standard InChI is InChI=1S/C17H15Cl2N3O2/c18-14-3-1-2-12(16(14)19)6-9-15(23)21-10-11-4-7-13(8-5-11)22-17(20)24/h1-9H,10H2,(H,21,23)(H3,20,22,24)/b9-6+. The number of nitrogens with one attached hydrogen (secondary N) is 2. The zero-order valence-electron chi connectivity index (χ0n) is 12.6. The van der Waals surface area contributed by atoms with E-state index < -0.39 is 6.03 Å². The largest absolute Gasteiger partial charge is 0.351 e. The SMILES string of the molecule is NC(=O)Nc1ccc(CNC(=O)/C=C/c2cccc(Cl)c2Cl)cc1. The van der Waals surface area contributed by atoms with Crippen molar-refractivity contribution < 1.29 is 9.59 Å². The number of rotatable bonds is 5. The van der Waals surface area contributed by atoms with Crippen LogP contribution < -0.4 is 16.4 Å². The van der Waals surface area contributed by atoms with Gasteiger partial charge in [-0.1, -0.05) is 47.5 Å². The predicted octanol–water partition coefficient (Wildman–Crippen LogP) is 3.81. The highest BCUT2D eigenvalue weighted by Gasteiger charge is 2.02. The summed E-state index contributed by atoms with van der Waals surface area (Å²) in [5.74, 6) is -0.259. The van der Waals surface area contributed by atoms with Gasteiger partial charge in [0.25, 0.3) is 0 Å². The first-order valence-electron chi connectivity index (χ1n) is 7.01. The molecule has 0 spiro atoms. The van der Waals surface area contributed by atoms with E-state index in [1.807, 2.05) is 0 Å². The van der Waals surface area contributed by atoms with E-state index in [-0.39, 0.29) is 5.91 Å². The van der Waals surface area contributed by atoms with E-state index in [9.17, 15) is 9.59 Å². The fraction of sp³-hybridized carbons (Fsp3) is 0.0588. The van der Waals surface area contributed by atoms with E-state index in [4.69, 9.17) is 28.9 Å². The van der Waals surface area contributed by atoms with E-state index in [2.05, 4.69) is 10.6 Å². The lowest BCUT2D eigenvalue weighted by Crippen LogP contribution is -2.20. The molecule has 0 aliphatic carbocycles. The van der Waals surface area contributed by atoms with Crippen LogP contribution in [0.3, 0.4) is 0 Å². The van der Waals surface area contributed by atoms with Crippen molar-refractivity contribution in [2.24, 2.45) is 5.73 Å². The number of hydrogen-bond donors (Lipinski definition) is 3. The maximum absolute atomic E-state index is 11.9. The van der Waals surface area contributed by atoms with Crippen LogP contribution in [0.5, 0.6) is 0 Å². The summed E-state index contributed by atoms with van der Waals surface area (Å²) in [6, 6.07) is 11.5. The molecule has 5 nitrogen and oxygen atoms in total. The molecular weight excluding hydrogens is 349 g/mol. The highest BCUT2D eigenvalue weighted by atomic mass is 35.5. The van der Waals surface area contributed by atoms with Crippen molar-refractivity contribution in [1.29, 1.82) is 0 Å². The molecule has 0 radical (unpaired) electrons. The number of carbonyl (C=O) groups is 2. The summed E-state index contributed by atoms with van der Waals surface area (Å²) in [4.78, 5) is 22.6. The molecule has 24 heavy (non-hydrogen) atoms. The number of nitrogens with two attached hydrogens (primary N) is 1. The first-order valence-corrected chi connectivity index (χ1v) is 7.76. The lowest BCUT2D eigenvalue weighted by Gasteiger charge is -2.05. The average Bonchev–Trinajstić information content (AvgIpc) is 2.55. The van der Waals surface area contributed by atoms with Crippen molar-refractivity contribution in [2.75, 3.05) is 5.32 Å². The highest BCUT2D eigenvalue weighted by molar-refractivity contribution is 6.42. The van der Waals surface area contributed by atoms with Crippen molar-refractivity contribution >= 4 is 46.9 Å². The highest BCUT2D eigenvalue weighted by Crippen LogP contribution is 2.26. The van der Waals surface area contributed by atoms with Gasteiger partial charge in [-0.2, -0.15) is 0 Å². The van der Waals surface area contributed by atoms with Gasteiger partial charge < -0.3 is 16.4 Å². The quantitative estimate of drug-likeness (QED) is 0.705. The first kappa shape index (κ1) is 17.8. The second kappa shape index (κ2) is 8.38. The van der Waals surface area contributed by atoms with Gasteiger partial charge in [-0.05, 0) is 35.4 Å². The van der Waals surface area contributed by atoms with Crippen LogP contribution in [0, 0.1) is 0 Å². The zero-order valence-corrected chi connectivity index (χ0v) is 14.1. The number of amides is 3. The minimum Gasteiger partial charge on any atom is -0.351 e. The van der Waals surface area contributed by atoms with E-state index in [1.54, 1.807) is 48.5 Å². The number of halogens is 2. The van der Waals surface area contributed by atoms with E-state index in [0.717, 1.165) is 5.56 Å². The summed E-state index contributed by atoms with van der Waals surface area (Å²) >= 11 is 12.0. The predicted molar refractivity (Wildman–Crippen MR) is 97.0 cm³/mol. The van der Waals surface area contributed by atoms with E-state index in [1.165, 1.54) is 6.08 Å². The third-order valence-corrected chi connectivity index (χ3v) is 3.92. The molecule has 0 saturated carbocycles. The minimum atomic E-state index is -0.624. The molecule has 0 atom stereocenters. The van der Waals surface area contributed by atoms with Crippen LogP contribution in [0.15, 0.2) is 48.5 Å². The molecule has 0 heterocycles. The Hall–Kier alpha value is -2.50. The van der Waals surface area contributed by atoms with Crippen molar-refractivity contribution in [3.63, 3.8) is 0 Å². The zero-order chi connectivity index (χ0) is 17.5. The van der Waals surface area contributed by atoms with Gasteiger partial charge in [0.1, 0.15) is 0 Å². The summed E-state index contributed by atoms with van der Waals surface area (Å²) in [6.07, 6.45) is 2.99. The van der Waals surface area contributed by atoms with Gasteiger partial charge in [0.15, 0.2) is 0 Å². The summed E-state index contributed by atoms with van der Waals surface area (Å²) in [5, 5.41) is 6.05. The molecule has 0 bridgehead atoms. The summed E-state index contributed by atoms with van der Waals surface area (Å²) in [6.45, 7) is 0.350. The number of carbonyl (C=O) groups excluding carboxylic acids is 2. The molecular formula is C17H15Cl2N3O2. The molecule has 0 fully saturated rings.